The van der Waals surface area contributed by atoms with Crippen LogP contribution >= 0.6 is 0 Å². The lowest BCUT2D eigenvalue weighted by molar-refractivity contribution is 0.473. The molecule has 0 aliphatic heterocycles. The van der Waals surface area contributed by atoms with Gasteiger partial charge in [-0.1, -0.05) is 25.1 Å². The molecule has 2 aromatic carbocycles. The van der Waals surface area contributed by atoms with Crippen LogP contribution in [0, 0.1) is 12.7 Å². The number of phenolic OH excluding ortho intramolecular Hbond substituents is 1. The molecule has 2 nitrogen and oxygen atoms in total. The molecule has 0 fully saturated rings. The van der Waals surface area contributed by atoms with Crippen molar-refractivity contribution in [2.45, 2.75) is 32.7 Å². The highest BCUT2D eigenvalue weighted by molar-refractivity contribution is 5.29. The monoisotopic (exact) mass is 287 g/mol. The third-order valence-electron chi connectivity index (χ3n) is 3.79. The average molecular weight is 287 g/mol. The number of hydrogen-bond acceptors (Lipinski definition) is 2. The van der Waals surface area contributed by atoms with Gasteiger partial charge in [-0.15, -0.1) is 0 Å². The van der Waals surface area contributed by atoms with Crippen molar-refractivity contribution in [2.75, 3.05) is 6.54 Å². The Kier molecular flexibility index (Phi) is 5.34. The lowest BCUT2D eigenvalue weighted by Crippen LogP contribution is -2.23. The van der Waals surface area contributed by atoms with Gasteiger partial charge in [0.05, 0.1) is 0 Å². The zero-order chi connectivity index (χ0) is 15.2. The summed E-state index contributed by atoms with van der Waals surface area (Å²) in [6, 6.07) is 12.5. The molecule has 0 spiro atoms. The van der Waals surface area contributed by atoms with Crippen LogP contribution in [-0.2, 0) is 6.42 Å². The Hall–Kier alpha value is -1.87. The molecule has 0 bridgehead atoms. The Bertz CT molecular complexity index is 580. The number of halogens is 1. The third kappa shape index (κ3) is 4.30. The molecule has 2 rings (SSSR count). The molecule has 0 heterocycles. The molecule has 1 unspecified atom stereocenters. The number of rotatable bonds is 6. The summed E-state index contributed by atoms with van der Waals surface area (Å²) in [7, 11) is 0. The van der Waals surface area contributed by atoms with Crippen molar-refractivity contribution < 1.29 is 9.50 Å². The van der Waals surface area contributed by atoms with E-state index in [1.54, 1.807) is 18.2 Å². The van der Waals surface area contributed by atoms with Crippen LogP contribution in [0.4, 0.5) is 4.39 Å². The van der Waals surface area contributed by atoms with Gasteiger partial charge in [0.2, 0.25) is 0 Å². The molecule has 3 heteroatoms. The first-order valence-electron chi connectivity index (χ1n) is 7.37. The maximum Gasteiger partial charge on any atom is 0.123 e. The normalized spacial score (nSPS) is 12.3. The highest BCUT2D eigenvalue weighted by atomic mass is 19.1. The van der Waals surface area contributed by atoms with E-state index in [-0.39, 0.29) is 17.6 Å². The molecule has 0 aliphatic rings. The minimum atomic E-state index is -0.181. The van der Waals surface area contributed by atoms with Crippen LogP contribution in [0.2, 0.25) is 0 Å². The van der Waals surface area contributed by atoms with Crippen molar-refractivity contribution >= 4 is 0 Å². The highest BCUT2D eigenvalue weighted by Crippen LogP contribution is 2.19. The summed E-state index contributed by atoms with van der Waals surface area (Å²) in [4.78, 5) is 0. The van der Waals surface area contributed by atoms with E-state index in [9.17, 15) is 9.50 Å². The third-order valence-corrected chi connectivity index (χ3v) is 3.79. The molecular formula is C18H22FNO. The summed E-state index contributed by atoms with van der Waals surface area (Å²) in [5.41, 5.74) is 3.34. The lowest BCUT2D eigenvalue weighted by atomic mass is 10.0. The van der Waals surface area contributed by atoms with Crippen molar-refractivity contribution in [1.29, 1.82) is 0 Å². The van der Waals surface area contributed by atoms with Crippen LogP contribution in [0.3, 0.4) is 0 Å². The van der Waals surface area contributed by atoms with Gasteiger partial charge in [-0.3, -0.25) is 0 Å². The molecule has 21 heavy (non-hydrogen) atoms. The average Bonchev–Trinajstić information content (AvgIpc) is 2.47. The van der Waals surface area contributed by atoms with Crippen LogP contribution in [-0.4, -0.2) is 11.7 Å². The number of aromatic hydroxyl groups is 1. The molecule has 2 N–H and O–H groups in total. The van der Waals surface area contributed by atoms with Gasteiger partial charge >= 0.3 is 0 Å². The van der Waals surface area contributed by atoms with Crippen molar-refractivity contribution in [1.82, 2.24) is 5.32 Å². The van der Waals surface area contributed by atoms with Crippen molar-refractivity contribution in [3.63, 3.8) is 0 Å². The minimum Gasteiger partial charge on any atom is -0.508 e. The summed E-state index contributed by atoms with van der Waals surface area (Å²) >= 11 is 0. The topological polar surface area (TPSA) is 32.3 Å². The van der Waals surface area contributed by atoms with Crippen LogP contribution in [0.5, 0.6) is 5.75 Å². The molecule has 2 aromatic rings. The number of aryl methyl sites for hydroxylation is 1. The molecular weight excluding hydrogens is 265 g/mol. The van der Waals surface area contributed by atoms with Crippen molar-refractivity contribution in [2.24, 2.45) is 0 Å². The second kappa shape index (κ2) is 7.23. The highest BCUT2D eigenvalue weighted by Gasteiger charge is 2.08. The van der Waals surface area contributed by atoms with Gasteiger partial charge in [-0.2, -0.15) is 0 Å². The first-order valence-corrected chi connectivity index (χ1v) is 7.37. The zero-order valence-corrected chi connectivity index (χ0v) is 12.6. The number of benzene rings is 2. The predicted molar refractivity (Wildman–Crippen MR) is 84.0 cm³/mol. The van der Waals surface area contributed by atoms with Crippen molar-refractivity contribution in [3.8, 4) is 5.75 Å². The molecule has 0 aromatic heterocycles. The van der Waals surface area contributed by atoms with Gasteiger partial charge in [0, 0.05) is 6.04 Å². The second-order valence-corrected chi connectivity index (χ2v) is 5.33. The van der Waals surface area contributed by atoms with Gasteiger partial charge in [0.1, 0.15) is 11.6 Å². The van der Waals surface area contributed by atoms with Crippen LogP contribution in [0.15, 0.2) is 42.5 Å². The Balaban J connectivity index is 1.93. The van der Waals surface area contributed by atoms with Gasteiger partial charge < -0.3 is 10.4 Å². The molecule has 0 radical (unpaired) electrons. The summed E-state index contributed by atoms with van der Waals surface area (Å²) < 4.78 is 13.1. The summed E-state index contributed by atoms with van der Waals surface area (Å²) in [5.74, 6) is 0.107. The molecule has 0 saturated carbocycles. The molecule has 0 aliphatic carbocycles. The SMILES string of the molecule is CCC(NCCc1ccc(F)cc1C)c1ccc(O)cc1. The van der Waals surface area contributed by atoms with Crippen LogP contribution < -0.4 is 5.32 Å². The Morgan fingerprint density at radius 2 is 1.86 bits per heavy atom. The van der Waals surface area contributed by atoms with Gasteiger partial charge in [0.15, 0.2) is 0 Å². The fourth-order valence-electron chi connectivity index (χ4n) is 2.53. The fraction of sp³-hybridized carbons (Fsp3) is 0.333. The number of nitrogens with one attached hydrogen (secondary N) is 1. The summed E-state index contributed by atoms with van der Waals surface area (Å²) in [6.45, 7) is 4.91. The van der Waals surface area contributed by atoms with E-state index >= 15 is 0 Å². The van der Waals surface area contributed by atoms with E-state index in [1.165, 1.54) is 17.2 Å². The Morgan fingerprint density at radius 1 is 1.14 bits per heavy atom. The van der Waals surface area contributed by atoms with Gasteiger partial charge in [0.25, 0.3) is 0 Å². The van der Waals surface area contributed by atoms with Crippen LogP contribution in [0.1, 0.15) is 36.1 Å². The van der Waals surface area contributed by atoms with E-state index < -0.39 is 0 Å². The predicted octanol–water partition coefficient (Wildman–Crippen LogP) is 4.12. The van der Waals surface area contributed by atoms with E-state index in [0.29, 0.717) is 0 Å². The van der Waals surface area contributed by atoms with Crippen LogP contribution in [0.25, 0.3) is 0 Å². The van der Waals surface area contributed by atoms with Gasteiger partial charge in [-0.25, -0.2) is 4.39 Å². The Labute approximate surface area is 125 Å². The van der Waals surface area contributed by atoms with E-state index in [2.05, 4.69) is 12.2 Å². The summed E-state index contributed by atoms with van der Waals surface area (Å²) in [6.07, 6.45) is 1.86. The molecule has 0 saturated heterocycles. The van der Waals surface area contributed by atoms with Crippen molar-refractivity contribution in [3.05, 3.63) is 65.0 Å². The maximum atomic E-state index is 13.1. The smallest absolute Gasteiger partial charge is 0.123 e. The van der Waals surface area contributed by atoms with E-state index in [1.807, 2.05) is 25.1 Å². The molecule has 1 atom stereocenters. The minimum absolute atomic E-state index is 0.181. The lowest BCUT2D eigenvalue weighted by Gasteiger charge is -2.18. The molecule has 112 valence electrons. The first kappa shape index (κ1) is 15.5. The summed E-state index contributed by atoms with van der Waals surface area (Å²) in [5, 5.41) is 12.9. The largest absolute Gasteiger partial charge is 0.508 e. The Morgan fingerprint density at radius 3 is 2.48 bits per heavy atom. The quantitative estimate of drug-likeness (QED) is 0.837. The van der Waals surface area contributed by atoms with Gasteiger partial charge in [-0.05, 0) is 67.3 Å². The molecule has 0 amide bonds. The second-order valence-electron chi connectivity index (χ2n) is 5.33. The van der Waals surface area contributed by atoms with E-state index in [0.717, 1.165) is 24.9 Å². The first-order chi connectivity index (χ1) is 10.1. The number of hydrogen-bond donors (Lipinski definition) is 2. The zero-order valence-electron chi connectivity index (χ0n) is 12.6. The fourth-order valence-corrected chi connectivity index (χ4v) is 2.53. The van der Waals surface area contributed by atoms with E-state index in [4.69, 9.17) is 0 Å². The standard InChI is InChI=1S/C18H22FNO/c1-3-18(15-5-8-17(21)9-6-15)20-11-10-14-4-7-16(19)12-13(14)2/h4-9,12,18,20-21H,3,10-11H2,1-2H3. The number of phenols is 1. The maximum absolute atomic E-state index is 13.1.